The van der Waals surface area contributed by atoms with Crippen molar-refractivity contribution in [1.82, 2.24) is 5.32 Å². The second-order valence-corrected chi connectivity index (χ2v) is 3.70. The van der Waals surface area contributed by atoms with Gasteiger partial charge in [0.1, 0.15) is 0 Å². The van der Waals surface area contributed by atoms with E-state index >= 15 is 0 Å². The molecule has 4 heteroatoms. The summed E-state index contributed by atoms with van der Waals surface area (Å²) in [6.45, 7) is 0.236. The molecular formula is C9H17NO3. The molecule has 76 valence electrons. The van der Waals surface area contributed by atoms with Gasteiger partial charge in [0, 0.05) is 12.6 Å². The van der Waals surface area contributed by atoms with Crippen LogP contribution in [0.5, 0.6) is 0 Å². The Hall–Kier alpha value is -0.770. The molecule has 0 aromatic rings. The maximum Gasteiger partial charge on any atom is 0.404 e. The molecule has 2 unspecified atom stereocenters. The van der Waals surface area contributed by atoms with Crippen LogP contribution in [-0.2, 0) is 0 Å². The van der Waals surface area contributed by atoms with Crippen LogP contribution in [0, 0.1) is 5.92 Å². The molecule has 0 aromatic heterocycles. The van der Waals surface area contributed by atoms with Crippen LogP contribution in [0.3, 0.4) is 0 Å². The zero-order valence-corrected chi connectivity index (χ0v) is 7.70. The Morgan fingerprint density at radius 2 is 2.08 bits per heavy atom. The Kier molecular flexibility index (Phi) is 4.02. The van der Waals surface area contributed by atoms with Gasteiger partial charge in [0.25, 0.3) is 0 Å². The molecule has 4 nitrogen and oxygen atoms in total. The van der Waals surface area contributed by atoms with E-state index in [0.717, 1.165) is 32.1 Å². The predicted octanol–water partition coefficient (Wildman–Crippen LogP) is 1.20. The molecule has 1 aliphatic carbocycles. The zero-order valence-electron chi connectivity index (χ0n) is 7.70. The highest BCUT2D eigenvalue weighted by atomic mass is 16.4. The van der Waals surface area contributed by atoms with E-state index in [1.54, 1.807) is 0 Å². The summed E-state index contributed by atoms with van der Waals surface area (Å²) in [5.41, 5.74) is 0. The van der Waals surface area contributed by atoms with Gasteiger partial charge in [-0.1, -0.05) is 6.42 Å². The highest BCUT2D eigenvalue weighted by molar-refractivity contribution is 5.64. The number of amides is 1. The van der Waals surface area contributed by atoms with Crippen LogP contribution in [0.1, 0.15) is 32.1 Å². The molecule has 0 saturated heterocycles. The van der Waals surface area contributed by atoms with Crippen molar-refractivity contribution in [3.63, 3.8) is 0 Å². The van der Waals surface area contributed by atoms with Gasteiger partial charge >= 0.3 is 6.09 Å². The molecule has 0 heterocycles. The second kappa shape index (κ2) is 5.07. The molecule has 0 bridgehead atoms. The number of rotatable bonds is 2. The van der Waals surface area contributed by atoms with Crippen molar-refractivity contribution in [1.29, 1.82) is 0 Å². The Labute approximate surface area is 78.0 Å². The van der Waals surface area contributed by atoms with E-state index in [1.807, 2.05) is 0 Å². The summed E-state index contributed by atoms with van der Waals surface area (Å²) in [5, 5.41) is 20.0. The lowest BCUT2D eigenvalue weighted by molar-refractivity contribution is 0.187. The van der Waals surface area contributed by atoms with E-state index in [0.29, 0.717) is 5.92 Å². The van der Waals surface area contributed by atoms with Gasteiger partial charge in [0.05, 0.1) is 0 Å². The number of hydrogen-bond donors (Lipinski definition) is 3. The topological polar surface area (TPSA) is 69.6 Å². The van der Waals surface area contributed by atoms with Crippen LogP contribution in [0.15, 0.2) is 0 Å². The molecule has 1 saturated carbocycles. The largest absolute Gasteiger partial charge is 0.465 e. The highest BCUT2D eigenvalue weighted by Crippen LogP contribution is 2.22. The molecule has 0 radical (unpaired) electrons. The fourth-order valence-electron chi connectivity index (χ4n) is 1.88. The number of nitrogens with one attached hydrogen (secondary N) is 1. The SMILES string of the molecule is O=C(O)NC1CCCC(CO)CC1. The summed E-state index contributed by atoms with van der Waals surface area (Å²) in [6.07, 6.45) is 3.79. The highest BCUT2D eigenvalue weighted by Gasteiger charge is 2.19. The van der Waals surface area contributed by atoms with Crippen LogP contribution >= 0.6 is 0 Å². The molecule has 1 fully saturated rings. The summed E-state index contributed by atoms with van der Waals surface area (Å²) >= 11 is 0. The molecule has 1 aliphatic rings. The number of carboxylic acid groups (broad SMARTS) is 1. The van der Waals surface area contributed by atoms with Gasteiger partial charge in [-0.25, -0.2) is 4.79 Å². The molecule has 0 spiro atoms. The summed E-state index contributed by atoms with van der Waals surface area (Å²) in [6, 6.07) is 0.0917. The van der Waals surface area contributed by atoms with E-state index in [9.17, 15) is 4.79 Å². The third kappa shape index (κ3) is 3.63. The molecule has 1 rings (SSSR count). The van der Waals surface area contributed by atoms with Crippen LogP contribution in [0.25, 0.3) is 0 Å². The first-order valence-electron chi connectivity index (χ1n) is 4.82. The summed E-state index contributed by atoms with van der Waals surface area (Å²) in [7, 11) is 0. The van der Waals surface area contributed by atoms with E-state index in [1.165, 1.54) is 0 Å². The van der Waals surface area contributed by atoms with Gasteiger partial charge in [-0.05, 0) is 31.6 Å². The molecule has 0 aliphatic heterocycles. The Bertz CT molecular complexity index is 172. The van der Waals surface area contributed by atoms with Gasteiger partial charge in [-0.15, -0.1) is 0 Å². The second-order valence-electron chi connectivity index (χ2n) is 3.70. The first-order chi connectivity index (χ1) is 6.22. The van der Waals surface area contributed by atoms with E-state index in [-0.39, 0.29) is 12.6 Å². The van der Waals surface area contributed by atoms with Crippen LogP contribution in [-0.4, -0.2) is 29.0 Å². The normalized spacial score (nSPS) is 29.3. The van der Waals surface area contributed by atoms with Crippen molar-refractivity contribution in [2.24, 2.45) is 5.92 Å². The van der Waals surface area contributed by atoms with Crippen molar-refractivity contribution in [3.8, 4) is 0 Å². The Balaban J connectivity index is 2.31. The molecular weight excluding hydrogens is 170 g/mol. The minimum Gasteiger partial charge on any atom is -0.465 e. The average Bonchev–Trinajstić information content (AvgIpc) is 2.29. The number of aliphatic hydroxyl groups is 1. The fourth-order valence-corrected chi connectivity index (χ4v) is 1.88. The molecule has 1 amide bonds. The Morgan fingerprint density at radius 1 is 1.31 bits per heavy atom. The van der Waals surface area contributed by atoms with Gasteiger partial charge in [0.15, 0.2) is 0 Å². The first-order valence-corrected chi connectivity index (χ1v) is 4.82. The molecule has 3 N–H and O–H groups in total. The van der Waals surface area contributed by atoms with Crippen LogP contribution in [0.4, 0.5) is 4.79 Å². The maximum absolute atomic E-state index is 10.4. The van der Waals surface area contributed by atoms with Crippen molar-refractivity contribution >= 4 is 6.09 Å². The monoisotopic (exact) mass is 187 g/mol. The van der Waals surface area contributed by atoms with Crippen molar-refractivity contribution in [2.45, 2.75) is 38.1 Å². The number of aliphatic hydroxyl groups excluding tert-OH is 1. The van der Waals surface area contributed by atoms with Gasteiger partial charge in [-0.2, -0.15) is 0 Å². The zero-order chi connectivity index (χ0) is 9.68. The quantitative estimate of drug-likeness (QED) is 0.569. The summed E-state index contributed by atoms with van der Waals surface area (Å²) in [5.74, 6) is 0.376. The summed E-state index contributed by atoms with van der Waals surface area (Å²) < 4.78 is 0. The van der Waals surface area contributed by atoms with E-state index in [4.69, 9.17) is 10.2 Å². The average molecular weight is 187 g/mol. The molecule has 0 aromatic carbocycles. The van der Waals surface area contributed by atoms with Crippen molar-refractivity contribution in [3.05, 3.63) is 0 Å². The maximum atomic E-state index is 10.4. The fraction of sp³-hybridized carbons (Fsp3) is 0.889. The van der Waals surface area contributed by atoms with Gasteiger partial charge < -0.3 is 15.5 Å². The Morgan fingerprint density at radius 3 is 2.69 bits per heavy atom. The minimum atomic E-state index is -0.938. The molecule has 2 atom stereocenters. The summed E-state index contributed by atoms with van der Waals surface area (Å²) in [4.78, 5) is 10.4. The van der Waals surface area contributed by atoms with E-state index in [2.05, 4.69) is 5.32 Å². The third-order valence-electron chi connectivity index (χ3n) is 2.67. The minimum absolute atomic E-state index is 0.0917. The third-order valence-corrected chi connectivity index (χ3v) is 2.67. The van der Waals surface area contributed by atoms with Gasteiger partial charge in [-0.3, -0.25) is 0 Å². The lowest BCUT2D eigenvalue weighted by Gasteiger charge is -2.13. The predicted molar refractivity (Wildman–Crippen MR) is 48.6 cm³/mol. The lowest BCUT2D eigenvalue weighted by Crippen LogP contribution is -2.33. The van der Waals surface area contributed by atoms with Gasteiger partial charge in [0.2, 0.25) is 0 Å². The van der Waals surface area contributed by atoms with Crippen LogP contribution in [0.2, 0.25) is 0 Å². The lowest BCUT2D eigenvalue weighted by atomic mass is 10.0. The first kappa shape index (κ1) is 10.3. The van der Waals surface area contributed by atoms with Crippen molar-refractivity contribution in [2.75, 3.05) is 6.61 Å². The van der Waals surface area contributed by atoms with Crippen LogP contribution < -0.4 is 5.32 Å². The molecule has 13 heavy (non-hydrogen) atoms. The number of carbonyl (C=O) groups is 1. The standard InChI is InChI=1S/C9H17NO3/c11-6-7-2-1-3-8(5-4-7)10-9(12)13/h7-8,10-11H,1-6H2,(H,12,13). The van der Waals surface area contributed by atoms with Crippen molar-refractivity contribution < 1.29 is 15.0 Å². The smallest absolute Gasteiger partial charge is 0.404 e. The van der Waals surface area contributed by atoms with E-state index < -0.39 is 6.09 Å². The number of hydrogen-bond acceptors (Lipinski definition) is 2.